The Kier molecular flexibility index (Phi) is 4.43. The first kappa shape index (κ1) is 15.6. The Morgan fingerprint density at radius 1 is 1.25 bits per heavy atom. The molecule has 6 nitrogen and oxygen atoms in total. The molecule has 0 saturated carbocycles. The van der Waals surface area contributed by atoms with Gasteiger partial charge in [0.2, 0.25) is 5.91 Å². The van der Waals surface area contributed by atoms with Crippen molar-refractivity contribution in [3.8, 4) is 11.8 Å². The second-order valence-corrected chi connectivity index (χ2v) is 5.25. The number of nitriles is 1. The highest BCUT2D eigenvalue weighted by Gasteiger charge is 2.10. The molecule has 0 aliphatic carbocycles. The molecule has 6 heteroatoms. The maximum absolute atomic E-state index is 12.3. The highest BCUT2D eigenvalue weighted by Crippen LogP contribution is 2.17. The van der Waals surface area contributed by atoms with E-state index in [1.165, 1.54) is 0 Å². The quantitative estimate of drug-likeness (QED) is 0.784. The SMILES string of the molecule is Cc1nc2ccccc2n1CC(=O)Nc1ccc(OCC#N)cc1. The molecule has 0 atom stereocenters. The molecule has 1 aromatic heterocycles. The highest BCUT2D eigenvalue weighted by molar-refractivity contribution is 5.91. The highest BCUT2D eigenvalue weighted by atomic mass is 16.5. The zero-order valence-electron chi connectivity index (χ0n) is 13.2. The number of aryl methyl sites for hydroxylation is 1. The minimum absolute atomic E-state index is 0.00130. The number of hydrogen-bond acceptors (Lipinski definition) is 4. The molecule has 0 aliphatic rings. The number of imidazole rings is 1. The maximum Gasteiger partial charge on any atom is 0.244 e. The van der Waals surface area contributed by atoms with E-state index in [2.05, 4.69) is 10.3 Å². The zero-order chi connectivity index (χ0) is 16.9. The van der Waals surface area contributed by atoms with Gasteiger partial charge in [-0.3, -0.25) is 4.79 Å². The van der Waals surface area contributed by atoms with Crippen molar-refractivity contribution >= 4 is 22.6 Å². The molecular weight excluding hydrogens is 304 g/mol. The molecule has 3 aromatic rings. The van der Waals surface area contributed by atoms with Crippen LogP contribution in [0.25, 0.3) is 11.0 Å². The van der Waals surface area contributed by atoms with Gasteiger partial charge in [-0.25, -0.2) is 4.98 Å². The number of fused-ring (bicyclic) bond motifs is 1. The fourth-order valence-electron chi connectivity index (χ4n) is 2.49. The molecule has 0 unspecified atom stereocenters. The fourth-order valence-corrected chi connectivity index (χ4v) is 2.49. The number of nitrogens with zero attached hydrogens (tertiary/aromatic N) is 3. The van der Waals surface area contributed by atoms with E-state index in [1.807, 2.05) is 41.8 Å². The average Bonchev–Trinajstić information content (AvgIpc) is 2.90. The lowest BCUT2D eigenvalue weighted by molar-refractivity contribution is -0.116. The van der Waals surface area contributed by atoms with Gasteiger partial charge in [0.05, 0.1) is 11.0 Å². The molecule has 0 radical (unpaired) electrons. The molecule has 0 fully saturated rings. The number of amides is 1. The van der Waals surface area contributed by atoms with Gasteiger partial charge in [0, 0.05) is 5.69 Å². The predicted octanol–water partition coefficient (Wildman–Crippen LogP) is 2.89. The van der Waals surface area contributed by atoms with Crippen LogP contribution in [0.5, 0.6) is 5.75 Å². The van der Waals surface area contributed by atoms with Crippen LogP contribution >= 0.6 is 0 Å². The van der Waals surface area contributed by atoms with Gasteiger partial charge in [0.25, 0.3) is 0 Å². The van der Waals surface area contributed by atoms with Crippen molar-refractivity contribution in [2.75, 3.05) is 11.9 Å². The van der Waals surface area contributed by atoms with Crippen LogP contribution in [0.1, 0.15) is 5.82 Å². The first-order valence-electron chi connectivity index (χ1n) is 7.49. The molecule has 0 bridgehead atoms. The summed E-state index contributed by atoms with van der Waals surface area (Å²) in [5.41, 5.74) is 2.48. The van der Waals surface area contributed by atoms with Crippen LogP contribution in [0.15, 0.2) is 48.5 Å². The Morgan fingerprint density at radius 2 is 2.00 bits per heavy atom. The van der Waals surface area contributed by atoms with Gasteiger partial charge in [-0.05, 0) is 43.3 Å². The van der Waals surface area contributed by atoms with Gasteiger partial charge >= 0.3 is 0 Å². The standard InChI is InChI=1S/C18H16N4O2/c1-13-20-16-4-2-3-5-17(16)22(13)12-18(23)21-14-6-8-15(9-7-14)24-11-10-19/h2-9H,11-12H2,1H3,(H,21,23). The number of anilines is 1. The second kappa shape index (κ2) is 6.84. The monoisotopic (exact) mass is 320 g/mol. The average molecular weight is 320 g/mol. The topological polar surface area (TPSA) is 79.9 Å². The normalized spacial score (nSPS) is 10.3. The summed E-state index contributed by atoms with van der Waals surface area (Å²) in [6.07, 6.45) is 0. The van der Waals surface area contributed by atoms with Gasteiger partial charge in [0.1, 0.15) is 24.2 Å². The summed E-state index contributed by atoms with van der Waals surface area (Å²) in [7, 11) is 0. The van der Waals surface area contributed by atoms with E-state index in [1.54, 1.807) is 24.3 Å². The minimum Gasteiger partial charge on any atom is -0.479 e. The Labute approximate surface area is 139 Å². The van der Waals surface area contributed by atoms with Gasteiger partial charge in [-0.2, -0.15) is 5.26 Å². The third kappa shape index (κ3) is 3.36. The Hall–Kier alpha value is -3.33. The smallest absolute Gasteiger partial charge is 0.244 e. The van der Waals surface area contributed by atoms with Crippen molar-refractivity contribution in [3.63, 3.8) is 0 Å². The van der Waals surface area contributed by atoms with Crippen LogP contribution in [0, 0.1) is 18.3 Å². The van der Waals surface area contributed by atoms with Crippen LogP contribution in [0.4, 0.5) is 5.69 Å². The van der Waals surface area contributed by atoms with Crippen LogP contribution in [-0.4, -0.2) is 22.1 Å². The van der Waals surface area contributed by atoms with E-state index < -0.39 is 0 Å². The molecule has 0 aliphatic heterocycles. The van der Waals surface area contributed by atoms with Crippen molar-refractivity contribution in [3.05, 3.63) is 54.4 Å². The summed E-state index contributed by atoms with van der Waals surface area (Å²) < 4.78 is 7.06. The predicted molar refractivity (Wildman–Crippen MR) is 90.6 cm³/mol. The van der Waals surface area contributed by atoms with Crippen LogP contribution < -0.4 is 10.1 Å². The van der Waals surface area contributed by atoms with Crippen molar-refractivity contribution < 1.29 is 9.53 Å². The Morgan fingerprint density at radius 3 is 2.75 bits per heavy atom. The summed E-state index contributed by atoms with van der Waals surface area (Å²) in [4.78, 5) is 16.8. The third-order valence-corrected chi connectivity index (χ3v) is 3.59. The molecule has 0 saturated heterocycles. The van der Waals surface area contributed by atoms with E-state index in [0.717, 1.165) is 16.9 Å². The molecule has 3 rings (SSSR count). The summed E-state index contributed by atoms with van der Waals surface area (Å²) >= 11 is 0. The summed E-state index contributed by atoms with van der Waals surface area (Å²) in [5.74, 6) is 1.25. The summed E-state index contributed by atoms with van der Waals surface area (Å²) in [6.45, 7) is 2.08. The van der Waals surface area contributed by atoms with Crippen LogP contribution in [0.3, 0.4) is 0 Å². The number of nitrogens with one attached hydrogen (secondary N) is 1. The third-order valence-electron chi connectivity index (χ3n) is 3.59. The fraction of sp³-hybridized carbons (Fsp3) is 0.167. The van der Waals surface area contributed by atoms with E-state index in [-0.39, 0.29) is 19.1 Å². The first-order chi connectivity index (χ1) is 11.7. The molecule has 1 amide bonds. The number of carbonyl (C=O) groups excluding carboxylic acids is 1. The molecule has 1 heterocycles. The van der Waals surface area contributed by atoms with E-state index in [0.29, 0.717) is 11.4 Å². The lowest BCUT2D eigenvalue weighted by Crippen LogP contribution is -2.19. The molecular formula is C18H16N4O2. The first-order valence-corrected chi connectivity index (χ1v) is 7.49. The number of rotatable bonds is 5. The maximum atomic E-state index is 12.3. The lowest BCUT2D eigenvalue weighted by Gasteiger charge is -2.09. The van der Waals surface area contributed by atoms with E-state index in [4.69, 9.17) is 10.00 Å². The number of para-hydroxylation sites is 2. The van der Waals surface area contributed by atoms with Gasteiger partial charge in [0.15, 0.2) is 6.61 Å². The van der Waals surface area contributed by atoms with Crippen molar-refractivity contribution in [1.82, 2.24) is 9.55 Å². The number of hydrogen-bond donors (Lipinski definition) is 1. The number of carbonyl (C=O) groups is 1. The van der Waals surface area contributed by atoms with Crippen molar-refractivity contribution in [1.29, 1.82) is 5.26 Å². The largest absolute Gasteiger partial charge is 0.479 e. The Bertz CT molecular complexity index is 907. The second-order valence-electron chi connectivity index (χ2n) is 5.25. The van der Waals surface area contributed by atoms with Crippen LogP contribution in [-0.2, 0) is 11.3 Å². The van der Waals surface area contributed by atoms with E-state index in [9.17, 15) is 4.79 Å². The summed E-state index contributed by atoms with van der Waals surface area (Å²) in [6, 6.07) is 16.5. The van der Waals surface area contributed by atoms with Gasteiger partial charge in [-0.15, -0.1) is 0 Å². The van der Waals surface area contributed by atoms with Gasteiger partial charge in [-0.1, -0.05) is 12.1 Å². The van der Waals surface area contributed by atoms with Crippen molar-refractivity contribution in [2.24, 2.45) is 0 Å². The molecule has 2 aromatic carbocycles. The minimum atomic E-state index is -0.132. The number of ether oxygens (including phenoxy) is 1. The van der Waals surface area contributed by atoms with Gasteiger partial charge < -0.3 is 14.6 Å². The van der Waals surface area contributed by atoms with E-state index >= 15 is 0 Å². The molecule has 0 spiro atoms. The molecule has 24 heavy (non-hydrogen) atoms. The lowest BCUT2D eigenvalue weighted by atomic mass is 10.3. The summed E-state index contributed by atoms with van der Waals surface area (Å²) in [5, 5.41) is 11.3. The Balaban J connectivity index is 1.69. The zero-order valence-corrected chi connectivity index (χ0v) is 13.2. The van der Waals surface area contributed by atoms with Crippen molar-refractivity contribution in [2.45, 2.75) is 13.5 Å². The molecule has 120 valence electrons. The molecule has 1 N–H and O–H groups in total. The number of benzene rings is 2. The number of aromatic nitrogens is 2. The van der Waals surface area contributed by atoms with Crippen LogP contribution in [0.2, 0.25) is 0 Å².